The molecule has 0 aliphatic carbocycles. The Labute approximate surface area is 106 Å². The van der Waals surface area contributed by atoms with Crippen LogP contribution >= 0.6 is 0 Å². The molecule has 0 saturated carbocycles. The number of hydrogen-bond acceptors (Lipinski definition) is 1. The first-order valence-corrected chi connectivity index (χ1v) is 6.05. The first-order chi connectivity index (χ1) is 8.93. The van der Waals surface area contributed by atoms with Crippen molar-refractivity contribution in [3.05, 3.63) is 72.4 Å². The molecule has 0 fully saturated rings. The number of rotatable bonds is 3. The van der Waals surface area contributed by atoms with E-state index in [4.69, 9.17) is 0 Å². The zero-order valence-corrected chi connectivity index (χ0v) is 10.0. The van der Waals surface area contributed by atoms with E-state index in [1.165, 1.54) is 16.5 Å². The number of nitrogens with zero attached hydrogens (tertiary/aromatic N) is 2. The fourth-order valence-corrected chi connectivity index (χ4v) is 2.02. The van der Waals surface area contributed by atoms with Crippen LogP contribution in [0.25, 0.3) is 17.0 Å². The van der Waals surface area contributed by atoms with Crippen molar-refractivity contribution in [3.63, 3.8) is 0 Å². The Morgan fingerprint density at radius 3 is 2.61 bits per heavy atom. The van der Waals surface area contributed by atoms with Crippen molar-refractivity contribution in [2.75, 3.05) is 0 Å². The summed E-state index contributed by atoms with van der Waals surface area (Å²) in [4.78, 5) is 0. The minimum atomic E-state index is 0.794. The highest BCUT2D eigenvalue weighted by Gasteiger charge is 1.98. The molecule has 0 spiro atoms. The lowest BCUT2D eigenvalue weighted by molar-refractivity contribution is 0.730. The minimum absolute atomic E-state index is 0.794. The Balaban J connectivity index is 1.79. The molecule has 3 rings (SSSR count). The zero-order chi connectivity index (χ0) is 12.2. The topological polar surface area (TPSA) is 17.8 Å². The van der Waals surface area contributed by atoms with Crippen molar-refractivity contribution < 1.29 is 0 Å². The van der Waals surface area contributed by atoms with Crippen LogP contribution in [0.3, 0.4) is 0 Å². The molecule has 2 nitrogen and oxygen atoms in total. The van der Waals surface area contributed by atoms with Crippen LogP contribution in [0.2, 0.25) is 0 Å². The first-order valence-electron chi connectivity index (χ1n) is 6.05. The summed E-state index contributed by atoms with van der Waals surface area (Å²) in [6.45, 7) is 0.794. The number of fused-ring (bicyclic) bond motifs is 1. The summed E-state index contributed by atoms with van der Waals surface area (Å²) < 4.78 is 2.01. The fraction of sp³-hybridized carbons (Fsp3) is 0.0625. The summed E-state index contributed by atoms with van der Waals surface area (Å²) in [5.41, 5.74) is 2.39. The Morgan fingerprint density at radius 1 is 0.944 bits per heavy atom. The van der Waals surface area contributed by atoms with E-state index >= 15 is 0 Å². The summed E-state index contributed by atoms with van der Waals surface area (Å²) in [6.07, 6.45) is 6.16. The highest BCUT2D eigenvalue weighted by atomic mass is 15.3. The lowest BCUT2D eigenvalue weighted by Gasteiger charge is -1.98. The van der Waals surface area contributed by atoms with E-state index < -0.39 is 0 Å². The van der Waals surface area contributed by atoms with Gasteiger partial charge in [-0.15, -0.1) is 0 Å². The van der Waals surface area contributed by atoms with Gasteiger partial charge in [0.1, 0.15) is 0 Å². The first kappa shape index (κ1) is 10.8. The highest BCUT2D eigenvalue weighted by molar-refractivity contribution is 5.78. The molecule has 0 aliphatic rings. The van der Waals surface area contributed by atoms with Crippen molar-refractivity contribution >= 4 is 17.0 Å². The Bertz CT molecular complexity index is 666. The maximum absolute atomic E-state index is 4.39. The van der Waals surface area contributed by atoms with Gasteiger partial charge in [-0.05, 0) is 11.6 Å². The highest BCUT2D eigenvalue weighted by Crippen LogP contribution is 2.12. The van der Waals surface area contributed by atoms with Gasteiger partial charge in [0.15, 0.2) is 0 Å². The van der Waals surface area contributed by atoms with Crippen LogP contribution in [-0.2, 0) is 6.54 Å². The maximum atomic E-state index is 4.39. The number of allylic oxidation sites excluding steroid dienone is 1. The van der Waals surface area contributed by atoms with Crippen LogP contribution in [0, 0.1) is 0 Å². The molecular weight excluding hydrogens is 220 g/mol. The molecule has 2 heteroatoms. The summed E-state index contributed by atoms with van der Waals surface area (Å²) >= 11 is 0. The monoisotopic (exact) mass is 234 g/mol. The molecule has 0 radical (unpaired) electrons. The summed E-state index contributed by atoms with van der Waals surface area (Å²) in [6, 6.07) is 18.6. The molecule has 0 amide bonds. The van der Waals surface area contributed by atoms with Crippen LogP contribution in [0.1, 0.15) is 5.56 Å². The van der Waals surface area contributed by atoms with Gasteiger partial charge in [-0.3, -0.25) is 4.68 Å². The van der Waals surface area contributed by atoms with Gasteiger partial charge in [0.05, 0.1) is 18.3 Å². The van der Waals surface area contributed by atoms with Crippen LogP contribution in [0.5, 0.6) is 0 Å². The normalized spacial score (nSPS) is 11.3. The van der Waals surface area contributed by atoms with Gasteiger partial charge >= 0.3 is 0 Å². The zero-order valence-electron chi connectivity index (χ0n) is 10.0. The van der Waals surface area contributed by atoms with Gasteiger partial charge in [-0.1, -0.05) is 60.7 Å². The van der Waals surface area contributed by atoms with Crippen molar-refractivity contribution in [3.8, 4) is 0 Å². The van der Waals surface area contributed by atoms with Crippen molar-refractivity contribution in [2.24, 2.45) is 0 Å². The van der Waals surface area contributed by atoms with E-state index in [0.717, 1.165) is 6.54 Å². The predicted molar refractivity (Wildman–Crippen MR) is 75.2 cm³/mol. The summed E-state index contributed by atoms with van der Waals surface area (Å²) in [5.74, 6) is 0. The summed E-state index contributed by atoms with van der Waals surface area (Å²) in [5, 5.41) is 5.58. The number of hydrogen-bond donors (Lipinski definition) is 0. The molecule has 0 N–H and O–H groups in total. The molecule has 0 saturated heterocycles. The molecule has 3 aromatic rings. The molecule has 1 aromatic heterocycles. The molecule has 0 atom stereocenters. The van der Waals surface area contributed by atoms with Gasteiger partial charge in [-0.25, -0.2) is 0 Å². The van der Waals surface area contributed by atoms with Gasteiger partial charge in [0, 0.05) is 5.39 Å². The molecule has 0 aliphatic heterocycles. The third-order valence-electron chi connectivity index (χ3n) is 2.94. The molecular formula is C16H14N2. The van der Waals surface area contributed by atoms with E-state index in [9.17, 15) is 0 Å². The number of benzene rings is 2. The summed E-state index contributed by atoms with van der Waals surface area (Å²) in [7, 11) is 0. The SMILES string of the molecule is C(=Cc1ccccc1)Cn1ncc2ccccc21. The fourth-order valence-electron chi connectivity index (χ4n) is 2.02. The quantitative estimate of drug-likeness (QED) is 0.675. The van der Waals surface area contributed by atoms with E-state index in [0.29, 0.717) is 0 Å². The molecule has 2 aromatic carbocycles. The third kappa shape index (κ3) is 2.18. The van der Waals surface area contributed by atoms with Crippen molar-refractivity contribution in [2.45, 2.75) is 6.54 Å². The van der Waals surface area contributed by atoms with Crippen molar-refractivity contribution in [1.82, 2.24) is 9.78 Å². The molecule has 88 valence electrons. The second-order valence-electron chi connectivity index (χ2n) is 4.20. The Kier molecular flexibility index (Phi) is 2.92. The van der Waals surface area contributed by atoms with Crippen LogP contribution in [0.4, 0.5) is 0 Å². The van der Waals surface area contributed by atoms with Crippen LogP contribution < -0.4 is 0 Å². The van der Waals surface area contributed by atoms with E-state index in [2.05, 4.69) is 41.5 Å². The largest absolute Gasteiger partial charge is 0.261 e. The molecule has 0 bridgehead atoms. The lowest BCUT2D eigenvalue weighted by atomic mass is 10.2. The lowest BCUT2D eigenvalue weighted by Crippen LogP contribution is -1.96. The van der Waals surface area contributed by atoms with Crippen LogP contribution in [0.15, 0.2) is 66.9 Å². The van der Waals surface area contributed by atoms with Gasteiger partial charge in [-0.2, -0.15) is 5.10 Å². The predicted octanol–water partition coefficient (Wildman–Crippen LogP) is 3.75. The van der Waals surface area contributed by atoms with E-state index in [1.54, 1.807) is 0 Å². The van der Waals surface area contributed by atoms with Gasteiger partial charge in [0.2, 0.25) is 0 Å². The second-order valence-corrected chi connectivity index (χ2v) is 4.20. The molecule has 0 unspecified atom stereocenters. The smallest absolute Gasteiger partial charge is 0.0686 e. The van der Waals surface area contributed by atoms with E-state index in [1.807, 2.05) is 41.2 Å². The van der Waals surface area contributed by atoms with E-state index in [-0.39, 0.29) is 0 Å². The Hall–Kier alpha value is -2.35. The minimum Gasteiger partial charge on any atom is -0.261 e. The maximum Gasteiger partial charge on any atom is 0.0686 e. The van der Waals surface area contributed by atoms with Gasteiger partial charge in [0.25, 0.3) is 0 Å². The van der Waals surface area contributed by atoms with Crippen molar-refractivity contribution in [1.29, 1.82) is 0 Å². The van der Waals surface area contributed by atoms with Gasteiger partial charge < -0.3 is 0 Å². The molecule has 1 heterocycles. The number of aromatic nitrogens is 2. The number of para-hydroxylation sites is 1. The standard InChI is InChI=1S/C16H14N2/c1-2-7-14(8-3-1)9-6-12-18-16-11-5-4-10-15(16)13-17-18/h1-11,13H,12H2. The van der Waals surface area contributed by atoms with Crippen LogP contribution in [-0.4, -0.2) is 9.78 Å². The average Bonchev–Trinajstić information content (AvgIpc) is 2.84. The second kappa shape index (κ2) is 4.88. The molecule has 18 heavy (non-hydrogen) atoms. The third-order valence-corrected chi connectivity index (χ3v) is 2.94. The average molecular weight is 234 g/mol. The Morgan fingerprint density at radius 2 is 1.72 bits per heavy atom.